The maximum atomic E-state index is 5.46. The van der Waals surface area contributed by atoms with Gasteiger partial charge in [-0.05, 0) is 39.7 Å². The van der Waals surface area contributed by atoms with Gasteiger partial charge in [-0.2, -0.15) is 0 Å². The molecule has 12 heavy (non-hydrogen) atoms. The molecule has 0 amide bonds. The number of hydrogen-bond acceptors (Lipinski definition) is 2. The summed E-state index contributed by atoms with van der Waals surface area (Å²) in [6.45, 7) is 2.37. The first-order chi connectivity index (χ1) is 5.65. The van der Waals surface area contributed by atoms with Gasteiger partial charge in [-0.3, -0.25) is 4.90 Å². The van der Waals surface area contributed by atoms with Crippen molar-refractivity contribution in [2.45, 2.75) is 50.3 Å². The van der Waals surface area contributed by atoms with Crippen LogP contribution in [0.2, 0.25) is 0 Å². The van der Waals surface area contributed by atoms with Gasteiger partial charge in [0.2, 0.25) is 0 Å². The Hall–Kier alpha value is -0.0800. The third-order valence-corrected chi connectivity index (χ3v) is 3.95. The second-order valence-corrected chi connectivity index (χ2v) is 4.60. The number of ether oxygens (including phenoxy) is 1. The van der Waals surface area contributed by atoms with E-state index in [4.69, 9.17) is 4.74 Å². The second-order valence-electron chi connectivity index (χ2n) is 4.60. The fourth-order valence-electron chi connectivity index (χ4n) is 2.87. The van der Waals surface area contributed by atoms with E-state index in [1.54, 1.807) is 0 Å². The van der Waals surface area contributed by atoms with Crippen LogP contribution in [0.3, 0.4) is 0 Å². The molecule has 2 fully saturated rings. The molecule has 0 aliphatic carbocycles. The first kappa shape index (κ1) is 8.52. The van der Waals surface area contributed by atoms with Crippen LogP contribution >= 0.6 is 0 Å². The molecule has 2 saturated heterocycles. The summed E-state index contributed by atoms with van der Waals surface area (Å²) in [6.07, 6.45) is 5.69. The highest BCUT2D eigenvalue weighted by atomic mass is 16.5. The van der Waals surface area contributed by atoms with Crippen LogP contribution in [0.5, 0.6) is 0 Å². The van der Waals surface area contributed by atoms with Crippen molar-refractivity contribution in [1.82, 2.24) is 4.90 Å². The Bertz CT molecular complexity index is 183. The largest absolute Gasteiger partial charge is 0.381 e. The molecule has 2 heterocycles. The highest BCUT2D eigenvalue weighted by Crippen LogP contribution is 2.43. The molecule has 0 aromatic carbocycles. The van der Waals surface area contributed by atoms with E-state index in [2.05, 4.69) is 18.9 Å². The average molecular weight is 169 g/mol. The lowest BCUT2D eigenvalue weighted by Gasteiger charge is -2.43. The quantitative estimate of drug-likeness (QED) is 0.592. The molecule has 0 saturated carbocycles. The lowest BCUT2D eigenvalue weighted by molar-refractivity contribution is -0.0186. The van der Waals surface area contributed by atoms with Crippen LogP contribution in [-0.4, -0.2) is 36.7 Å². The van der Waals surface area contributed by atoms with Crippen molar-refractivity contribution in [2.24, 2.45) is 0 Å². The molecule has 2 aliphatic rings. The van der Waals surface area contributed by atoms with E-state index in [9.17, 15) is 0 Å². The van der Waals surface area contributed by atoms with Crippen molar-refractivity contribution in [1.29, 1.82) is 0 Å². The van der Waals surface area contributed by atoms with E-state index in [1.165, 1.54) is 25.7 Å². The van der Waals surface area contributed by atoms with Crippen molar-refractivity contribution in [3.63, 3.8) is 0 Å². The van der Waals surface area contributed by atoms with Crippen LogP contribution in [0, 0.1) is 0 Å². The summed E-state index contributed by atoms with van der Waals surface area (Å²) < 4.78 is 5.46. The highest BCUT2D eigenvalue weighted by molar-refractivity contribution is 5.02. The molecular weight excluding hydrogens is 150 g/mol. The minimum Gasteiger partial charge on any atom is -0.381 e. The molecule has 0 spiro atoms. The van der Waals surface area contributed by atoms with Crippen molar-refractivity contribution < 1.29 is 4.74 Å². The molecule has 0 radical (unpaired) electrons. The molecule has 0 N–H and O–H groups in total. The van der Waals surface area contributed by atoms with E-state index in [0.717, 1.165) is 6.04 Å². The Labute approximate surface area is 74.9 Å². The lowest BCUT2D eigenvalue weighted by Crippen LogP contribution is -2.50. The summed E-state index contributed by atoms with van der Waals surface area (Å²) in [5.74, 6) is 0. The van der Waals surface area contributed by atoms with Gasteiger partial charge >= 0.3 is 0 Å². The summed E-state index contributed by atoms with van der Waals surface area (Å²) in [6, 6.07) is 0.786. The Morgan fingerprint density at radius 2 is 2.25 bits per heavy atom. The number of nitrogens with zero attached hydrogens (tertiary/aromatic N) is 1. The maximum absolute atomic E-state index is 5.46. The molecule has 0 aromatic rings. The zero-order valence-electron chi connectivity index (χ0n) is 8.34. The van der Waals surface area contributed by atoms with Gasteiger partial charge in [0, 0.05) is 18.7 Å². The third-order valence-electron chi connectivity index (χ3n) is 3.95. The number of rotatable bonds is 1. The Morgan fingerprint density at radius 1 is 1.50 bits per heavy atom. The molecule has 70 valence electrons. The zero-order valence-corrected chi connectivity index (χ0v) is 8.34. The van der Waals surface area contributed by atoms with Crippen molar-refractivity contribution in [3.8, 4) is 0 Å². The molecule has 2 unspecified atom stereocenters. The number of methoxy groups -OCH3 is 1. The van der Waals surface area contributed by atoms with Gasteiger partial charge in [0.05, 0.1) is 6.10 Å². The van der Waals surface area contributed by atoms with Crippen LogP contribution in [0.4, 0.5) is 0 Å². The van der Waals surface area contributed by atoms with E-state index in [1.807, 2.05) is 7.11 Å². The summed E-state index contributed by atoms with van der Waals surface area (Å²) in [4.78, 5) is 2.56. The predicted octanol–water partition coefficient (Wildman–Crippen LogP) is 1.65. The summed E-state index contributed by atoms with van der Waals surface area (Å²) in [7, 11) is 4.11. The number of fused-ring (bicyclic) bond motifs is 2. The van der Waals surface area contributed by atoms with Crippen LogP contribution in [0.15, 0.2) is 0 Å². The molecular formula is C10H19NO. The summed E-state index contributed by atoms with van der Waals surface area (Å²) in [5.41, 5.74) is 0.434. The van der Waals surface area contributed by atoms with Crippen LogP contribution in [-0.2, 0) is 4.74 Å². The van der Waals surface area contributed by atoms with Crippen molar-refractivity contribution in [2.75, 3.05) is 14.2 Å². The monoisotopic (exact) mass is 169 g/mol. The maximum Gasteiger partial charge on any atom is 0.0603 e. The van der Waals surface area contributed by atoms with E-state index < -0.39 is 0 Å². The van der Waals surface area contributed by atoms with E-state index in [-0.39, 0.29) is 0 Å². The van der Waals surface area contributed by atoms with Gasteiger partial charge in [0.15, 0.2) is 0 Å². The Kier molecular flexibility index (Phi) is 1.92. The van der Waals surface area contributed by atoms with Crippen molar-refractivity contribution in [3.05, 3.63) is 0 Å². The Balaban J connectivity index is 2.14. The smallest absolute Gasteiger partial charge is 0.0603 e. The van der Waals surface area contributed by atoms with Crippen LogP contribution in [0.1, 0.15) is 32.6 Å². The zero-order chi connectivity index (χ0) is 8.77. The minimum absolute atomic E-state index is 0.434. The fourth-order valence-corrected chi connectivity index (χ4v) is 2.87. The SMILES string of the molecule is COC1CC2CC[C@](C)(C1)N2C. The predicted molar refractivity (Wildman–Crippen MR) is 49.2 cm³/mol. The van der Waals surface area contributed by atoms with Crippen LogP contribution in [0.25, 0.3) is 0 Å². The minimum atomic E-state index is 0.434. The van der Waals surface area contributed by atoms with Gasteiger partial charge in [0.25, 0.3) is 0 Å². The molecule has 2 heteroatoms. The first-order valence-corrected chi connectivity index (χ1v) is 4.91. The van der Waals surface area contributed by atoms with Gasteiger partial charge < -0.3 is 4.74 Å². The highest BCUT2D eigenvalue weighted by Gasteiger charge is 2.46. The summed E-state index contributed by atoms with van der Waals surface area (Å²) in [5, 5.41) is 0. The molecule has 2 rings (SSSR count). The summed E-state index contributed by atoms with van der Waals surface area (Å²) >= 11 is 0. The van der Waals surface area contributed by atoms with Gasteiger partial charge in [-0.15, -0.1) is 0 Å². The lowest BCUT2D eigenvalue weighted by atomic mass is 9.89. The number of piperidine rings is 1. The van der Waals surface area contributed by atoms with Gasteiger partial charge in [0.1, 0.15) is 0 Å². The van der Waals surface area contributed by atoms with Crippen molar-refractivity contribution >= 4 is 0 Å². The third kappa shape index (κ3) is 1.09. The standard InChI is InChI=1S/C10H19NO/c1-10-5-4-8(11(10)2)6-9(7-10)12-3/h8-9H,4-7H2,1-3H3/t8?,9?,10-/m1/s1. The molecule has 2 nitrogen and oxygen atoms in total. The molecule has 3 atom stereocenters. The second kappa shape index (κ2) is 2.71. The average Bonchev–Trinajstić information content (AvgIpc) is 2.25. The van der Waals surface area contributed by atoms with Gasteiger partial charge in [-0.25, -0.2) is 0 Å². The fraction of sp³-hybridized carbons (Fsp3) is 1.00. The van der Waals surface area contributed by atoms with Crippen LogP contribution < -0.4 is 0 Å². The van der Waals surface area contributed by atoms with Gasteiger partial charge in [-0.1, -0.05) is 0 Å². The topological polar surface area (TPSA) is 12.5 Å². The first-order valence-electron chi connectivity index (χ1n) is 4.91. The van der Waals surface area contributed by atoms with E-state index >= 15 is 0 Å². The normalized spacial score (nSPS) is 48.2. The molecule has 2 aliphatic heterocycles. The van der Waals surface area contributed by atoms with E-state index in [0.29, 0.717) is 11.6 Å². The molecule has 0 aromatic heterocycles. The Morgan fingerprint density at radius 3 is 2.83 bits per heavy atom. The molecule has 2 bridgehead atoms. The number of hydrogen-bond donors (Lipinski definition) is 0.